The van der Waals surface area contributed by atoms with Crippen LogP contribution in [0.4, 0.5) is 4.39 Å². The van der Waals surface area contributed by atoms with Gasteiger partial charge in [-0.05, 0) is 47.9 Å². The molecule has 0 spiro atoms. The number of para-hydroxylation sites is 2. The molecule has 0 radical (unpaired) electrons. The van der Waals surface area contributed by atoms with Crippen LogP contribution in [-0.2, 0) is 24.3 Å². The van der Waals surface area contributed by atoms with E-state index >= 15 is 0 Å². The fourth-order valence-corrected chi connectivity index (χ4v) is 4.09. The van der Waals surface area contributed by atoms with Gasteiger partial charge in [0.05, 0.1) is 12.6 Å². The largest absolute Gasteiger partial charge is 0.460 e. The highest BCUT2D eigenvalue weighted by Gasteiger charge is 2.21. The van der Waals surface area contributed by atoms with Gasteiger partial charge in [-0.3, -0.25) is 10.1 Å². The zero-order valence-electron chi connectivity index (χ0n) is 18.0. The number of carbonyl (C=O) groups excluding carboxylic acids is 1. The molecule has 2 heterocycles. The van der Waals surface area contributed by atoms with Crippen molar-refractivity contribution in [2.75, 3.05) is 0 Å². The first kappa shape index (κ1) is 21.0. The number of aromatic nitrogens is 1. The number of carbonyl (C=O) groups is 1. The van der Waals surface area contributed by atoms with Gasteiger partial charge in [0.15, 0.2) is 0 Å². The van der Waals surface area contributed by atoms with E-state index in [0.29, 0.717) is 18.5 Å². The Hall–Kier alpha value is -3.90. The number of halogens is 1. The average Bonchev–Trinajstić information content (AvgIpc) is 3.44. The number of furan rings is 1. The molecule has 3 N–H and O–H groups in total. The maximum Gasteiger partial charge on any atom is 0.237 e. The Morgan fingerprint density at radius 1 is 0.970 bits per heavy atom. The number of hydrogen-bond donors (Lipinski definition) is 3. The molecule has 5 aromatic rings. The minimum absolute atomic E-state index is 0.152. The van der Waals surface area contributed by atoms with E-state index in [0.717, 1.165) is 33.2 Å². The van der Waals surface area contributed by atoms with E-state index in [4.69, 9.17) is 4.42 Å². The standard InChI is InChI=1S/C27H24FN3O2/c28-21-8-5-6-18(12-21)15-31-27(32)25(14-20-16-29-24-10-3-2-9-23(20)24)30-17-22-13-19-7-1-4-11-26(19)33-22/h1-13,16,25,29-30H,14-15,17H2,(H,31,32). The summed E-state index contributed by atoms with van der Waals surface area (Å²) < 4.78 is 19.4. The lowest BCUT2D eigenvalue weighted by Gasteiger charge is -2.18. The number of nitrogens with one attached hydrogen (secondary N) is 3. The van der Waals surface area contributed by atoms with E-state index in [1.165, 1.54) is 12.1 Å². The van der Waals surface area contributed by atoms with Gasteiger partial charge in [0.25, 0.3) is 0 Å². The summed E-state index contributed by atoms with van der Waals surface area (Å²) >= 11 is 0. The maximum atomic E-state index is 13.5. The lowest BCUT2D eigenvalue weighted by molar-refractivity contribution is -0.123. The number of aromatic amines is 1. The van der Waals surface area contributed by atoms with Gasteiger partial charge >= 0.3 is 0 Å². The molecule has 0 aliphatic carbocycles. The molecule has 5 nitrogen and oxygen atoms in total. The fourth-order valence-electron chi connectivity index (χ4n) is 4.09. The van der Waals surface area contributed by atoms with Crippen LogP contribution >= 0.6 is 0 Å². The molecule has 166 valence electrons. The normalized spacial score (nSPS) is 12.3. The highest BCUT2D eigenvalue weighted by atomic mass is 19.1. The summed E-state index contributed by atoms with van der Waals surface area (Å²) in [5.74, 6) is 0.291. The smallest absolute Gasteiger partial charge is 0.237 e. The van der Waals surface area contributed by atoms with Crippen LogP contribution in [0.5, 0.6) is 0 Å². The van der Waals surface area contributed by atoms with E-state index in [9.17, 15) is 9.18 Å². The van der Waals surface area contributed by atoms with Gasteiger partial charge in [-0.15, -0.1) is 0 Å². The lowest BCUT2D eigenvalue weighted by atomic mass is 10.0. The van der Waals surface area contributed by atoms with Crippen molar-refractivity contribution in [3.63, 3.8) is 0 Å². The second-order valence-corrected chi connectivity index (χ2v) is 8.10. The Bertz CT molecular complexity index is 1370. The van der Waals surface area contributed by atoms with E-state index in [2.05, 4.69) is 15.6 Å². The van der Waals surface area contributed by atoms with E-state index in [-0.39, 0.29) is 18.3 Å². The highest BCUT2D eigenvalue weighted by Crippen LogP contribution is 2.21. The minimum atomic E-state index is -0.494. The van der Waals surface area contributed by atoms with Gasteiger partial charge in [0.2, 0.25) is 5.91 Å². The first-order chi connectivity index (χ1) is 16.2. The third-order valence-corrected chi connectivity index (χ3v) is 5.77. The number of hydrogen-bond acceptors (Lipinski definition) is 3. The topological polar surface area (TPSA) is 70.1 Å². The van der Waals surface area contributed by atoms with E-state index in [1.807, 2.05) is 60.8 Å². The van der Waals surface area contributed by atoms with Gasteiger partial charge in [-0.25, -0.2) is 4.39 Å². The van der Waals surface area contributed by atoms with Crippen LogP contribution in [-0.4, -0.2) is 16.9 Å². The van der Waals surface area contributed by atoms with Crippen LogP contribution in [0.2, 0.25) is 0 Å². The summed E-state index contributed by atoms with van der Waals surface area (Å²) in [6, 6.07) is 23.6. The SMILES string of the molecule is O=C(NCc1cccc(F)c1)C(Cc1c[nH]c2ccccc12)NCc1cc2ccccc2o1. The number of H-pyrrole nitrogens is 1. The van der Waals surface area contributed by atoms with Crippen molar-refractivity contribution in [2.45, 2.75) is 25.6 Å². The molecular weight excluding hydrogens is 417 g/mol. The molecule has 3 aromatic carbocycles. The molecule has 0 bridgehead atoms. The molecule has 2 aromatic heterocycles. The summed E-state index contributed by atoms with van der Waals surface area (Å²) in [5, 5.41) is 8.41. The van der Waals surface area contributed by atoms with E-state index < -0.39 is 6.04 Å². The second kappa shape index (κ2) is 9.30. The molecule has 0 fully saturated rings. The van der Waals surface area contributed by atoms with Crippen molar-refractivity contribution in [2.24, 2.45) is 0 Å². The van der Waals surface area contributed by atoms with Crippen LogP contribution in [0.1, 0.15) is 16.9 Å². The first-order valence-corrected chi connectivity index (χ1v) is 10.9. The van der Waals surface area contributed by atoms with Gasteiger partial charge in [0.1, 0.15) is 17.2 Å². The summed E-state index contributed by atoms with van der Waals surface area (Å²) in [5.41, 5.74) is 3.61. The van der Waals surface area contributed by atoms with Gasteiger partial charge in [-0.2, -0.15) is 0 Å². The van der Waals surface area contributed by atoms with Crippen LogP contribution in [0.25, 0.3) is 21.9 Å². The fraction of sp³-hybridized carbons (Fsp3) is 0.148. The molecule has 6 heteroatoms. The van der Waals surface area contributed by atoms with Gasteiger partial charge < -0.3 is 14.7 Å². The van der Waals surface area contributed by atoms with Crippen molar-refractivity contribution in [1.82, 2.24) is 15.6 Å². The summed E-state index contributed by atoms with van der Waals surface area (Å²) in [6.07, 6.45) is 2.44. The molecule has 1 amide bonds. The van der Waals surface area contributed by atoms with Crippen LogP contribution in [0, 0.1) is 5.82 Å². The summed E-state index contributed by atoms with van der Waals surface area (Å²) in [7, 11) is 0. The van der Waals surface area contributed by atoms with E-state index in [1.54, 1.807) is 12.1 Å². The van der Waals surface area contributed by atoms with Crippen LogP contribution < -0.4 is 10.6 Å². The molecular formula is C27H24FN3O2. The third kappa shape index (κ3) is 4.81. The minimum Gasteiger partial charge on any atom is -0.460 e. The first-order valence-electron chi connectivity index (χ1n) is 10.9. The number of rotatable bonds is 8. The molecule has 33 heavy (non-hydrogen) atoms. The van der Waals surface area contributed by atoms with Crippen molar-refractivity contribution in [3.8, 4) is 0 Å². The Balaban J connectivity index is 1.33. The predicted molar refractivity (Wildman–Crippen MR) is 127 cm³/mol. The Morgan fingerprint density at radius 3 is 2.70 bits per heavy atom. The zero-order chi connectivity index (χ0) is 22.6. The number of amides is 1. The monoisotopic (exact) mass is 441 g/mol. The van der Waals surface area contributed by atoms with Crippen molar-refractivity contribution in [1.29, 1.82) is 0 Å². The van der Waals surface area contributed by atoms with Crippen molar-refractivity contribution < 1.29 is 13.6 Å². The second-order valence-electron chi connectivity index (χ2n) is 8.10. The number of fused-ring (bicyclic) bond motifs is 2. The van der Waals surface area contributed by atoms with Gasteiger partial charge in [0, 0.05) is 29.0 Å². The Labute approximate surface area is 190 Å². The Morgan fingerprint density at radius 2 is 1.82 bits per heavy atom. The van der Waals surface area contributed by atoms with Crippen molar-refractivity contribution in [3.05, 3.63) is 108 Å². The van der Waals surface area contributed by atoms with Crippen molar-refractivity contribution >= 4 is 27.8 Å². The maximum absolute atomic E-state index is 13.5. The lowest BCUT2D eigenvalue weighted by Crippen LogP contribution is -2.45. The highest BCUT2D eigenvalue weighted by molar-refractivity contribution is 5.86. The quantitative estimate of drug-likeness (QED) is 0.315. The molecule has 1 atom stereocenters. The molecule has 5 rings (SSSR count). The number of benzene rings is 3. The molecule has 0 aliphatic rings. The Kier molecular flexibility index (Phi) is 5.91. The van der Waals surface area contributed by atoms with Crippen LogP contribution in [0.3, 0.4) is 0 Å². The van der Waals surface area contributed by atoms with Gasteiger partial charge in [-0.1, -0.05) is 48.5 Å². The summed E-state index contributed by atoms with van der Waals surface area (Å²) in [6.45, 7) is 0.669. The zero-order valence-corrected chi connectivity index (χ0v) is 18.0. The molecule has 0 saturated carbocycles. The third-order valence-electron chi connectivity index (χ3n) is 5.77. The predicted octanol–water partition coefficient (Wildman–Crippen LogP) is 5.07. The average molecular weight is 442 g/mol. The summed E-state index contributed by atoms with van der Waals surface area (Å²) in [4.78, 5) is 16.4. The molecule has 1 unspecified atom stereocenters. The molecule has 0 aliphatic heterocycles. The molecule has 0 saturated heterocycles. The van der Waals surface area contributed by atoms with Crippen LogP contribution in [0.15, 0.2) is 89.5 Å².